The monoisotopic (exact) mass is 492 g/mol. The summed E-state index contributed by atoms with van der Waals surface area (Å²) in [4.78, 5) is 21.2. The highest BCUT2D eigenvalue weighted by molar-refractivity contribution is 4.76. The summed E-state index contributed by atoms with van der Waals surface area (Å²) < 4.78 is 0. The highest BCUT2D eigenvalue weighted by Gasteiger charge is 2.23. The Morgan fingerprint density at radius 3 is 0.943 bits per heavy atom. The van der Waals surface area contributed by atoms with Crippen LogP contribution < -0.4 is 0 Å². The molecule has 8 nitrogen and oxygen atoms in total. The molecule has 0 atom stereocenters. The molecule has 0 spiro atoms. The van der Waals surface area contributed by atoms with Crippen LogP contribution in [0.3, 0.4) is 0 Å². The van der Waals surface area contributed by atoms with E-state index in [1.54, 1.807) is 0 Å². The fourth-order valence-corrected chi connectivity index (χ4v) is 6.39. The Morgan fingerprint density at radius 1 is 0.343 bits per heavy atom. The van der Waals surface area contributed by atoms with Gasteiger partial charge < -0.3 is 0 Å². The molecular formula is C27H56N8. The van der Waals surface area contributed by atoms with Gasteiger partial charge in [0.1, 0.15) is 0 Å². The Kier molecular flexibility index (Phi) is 12.0. The van der Waals surface area contributed by atoms with Crippen molar-refractivity contribution >= 4 is 0 Å². The second kappa shape index (κ2) is 15.2. The smallest absolute Gasteiger partial charge is 0.0507 e. The molecule has 4 aliphatic heterocycles. The van der Waals surface area contributed by atoms with E-state index in [0.29, 0.717) is 0 Å². The minimum absolute atomic E-state index is 1.19. The summed E-state index contributed by atoms with van der Waals surface area (Å²) in [5.74, 6) is 0. The Hall–Kier alpha value is -0.320. The first-order valence-corrected chi connectivity index (χ1v) is 15.0. The van der Waals surface area contributed by atoms with Gasteiger partial charge in [-0.15, -0.1) is 0 Å². The lowest BCUT2D eigenvalue weighted by Gasteiger charge is -2.21. The predicted molar refractivity (Wildman–Crippen MR) is 146 cm³/mol. The molecule has 0 unspecified atom stereocenters. The number of hydrogen-bond acceptors (Lipinski definition) is 8. The maximum absolute atomic E-state index is 2.69. The maximum atomic E-state index is 2.69. The van der Waals surface area contributed by atoms with Crippen molar-refractivity contribution in [2.24, 2.45) is 0 Å². The fourth-order valence-electron chi connectivity index (χ4n) is 6.39. The maximum Gasteiger partial charge on any atom is 0.0507 e. The highest BCUT2D eigenvalue weighted by Crippen LogP contribution is 2.12. The van der Waals surface area contributed by atoms with E-state index in [1.165, 1.54) is 163 Å². The molecule has 0 saturated carbocycles. The van der Waals surface area contributed by atoms with Gasteiger partial charge in [-0.05, 0) is 58.3 Å². The summed E-state index contributed by atoms with van der Waals surface area (Å²) in [5.41, 5.74) is 0. The van der Waals surface area contributed by atoms with Crippen molar-refractivity contribution in [3.05, 3.63) is 0 Å². The molecular weight excluding hydrogens is 436 g/mol. The molecule has 4 heterocycles. The fraction of sp³-hybridized carbons (Fsp3) is 1.00. The number of likely N-dealkylation sites (N-methyl/N-ethyl adjacent to an activating group) is 1. The Labute approximate surface area is 216 Å². The first kappa shape index (κ1) is 27.7. The second-order valence-electron chi connectivity index (χ2n) is 11.5. The van der Waals surface area contributed by atoms with Crippen LogP contribution in [0.5, 0.6) is 0 Å². The zero-order valence-corrected chi connectivity index (χ0v) is 23.3. The summed E-state index contributed by atoms with van der Waals surface area (Å²) in [5, 5.41) is 0. The van der Waals surface area contributed by atoms with E-state index in [9.17, 15) is 0 Å². The van der Waals surface area contributed by atoms with Gasteiger partial charge in [0.15, 0.2) is 0 Å². The lowest BCUT2D eigenvalue weighted by atomic mass is 10.3. The molecule has 8 heteroatoms. The van der Waals surface area contributed by atoms with E-state index < -0.39 is 0 Å². The van der Waals surface area contributed by atoms with E-state index in [1.807, 2.05) is 0 Å². The summed E-state index contributed by atoms with van der Waals surface area (Å²) >= 11 is 0. The molecule has 35 heavy (non-hydrogen) atoms. The molecule has 0 aliphatic carbocycles. The van der Waals surface area contributed by atoms with Crippen molar-refractivity contribution in [3.8, 4) is 0 Å². The highest BCUT2D eigenvalue weighted by atomic mass is 15.4. The van der Waals surface area contributed by atoms with Crippen molar-refractivity contribution in [3.63, 3.8) is 0 Å². The van der Waals surface area contributed by atoms with Crippen molar-refractivity contribution in [1.82, 2.24) is 39.2 Å². The van der Waals surface area contributed by atoms with E-state index in [4.69, 9.17) is 0 Å². The van der Waals surface area contributed by atoms with Crippen LogP contribution >= 0.6 is 0 Å². The largest absolute Gasteiger partial charge is 0.289 e. The Bertz CT molecular complexity index is 577. The molecule has 0 amide bonds. The molecule has 4 fully saturated rings. The Balaban J connectivity index is 0.961. The Morgan fingerprint density at radius 2 is 0.629 bits per heavy atom. The van der Waals surface area contributed by atoms with Gasteiger partial charge in [0.05, 0.1) is 26.7 Å². The zero-order chi connectivity index (χ0) is 24.3. The van der Waals surface area contributed by atoms with Crippen LogP contribution in [0.25, 0.3) is 0 Å². The molecule has 4 aliphatic rings. The third kappa shape index (κ3) is 9.49. The van der Waals surface area contributed by atoms with Crippen molar-refractivity contribution < 1.29 is 0 Å². The van der Waals surface area contributed by atoms with Crippen LogP contribution in [0.4, 0.5) is 0 Å². The summed E-state index contributed by atoms with van der Waals surface area (Å²) in [6.07, 6.45) is 6.65. The third-order valence-corrected chi connectivity index (χ3v) is 8.61. The van der Waals surface area contributed by atoms with Gasteiger partial charge >= 0.3 is 0 Å². The molecule has 4 saturated heterocycles. The normalized spacial score (nSPS) is 25.2. The average Bonchev–Trinajstić information content (AvgIpc) is 3.66. The minimum atomic E-state index is 1.19. The summed E-state index contributed by atoms with van der Waals surface area (Å²) in [7, 11) is 0. The number of nitrogens with zero attached hydrogens (tertiary/aromatic N) is 8. The first-order chi connectivity index (χ1) is 17.2. The molecule has 0 aromatic rings. The van der Waals surface area contributed by atoms with Gasteiger partial charge in [0.2, 0.25) is 0 Å². The summed E-state index contributed by atoms with van der Waals surface area (Å²) in [6.45, 7) is 29.7. The number of unbranched alkanes of at least 4 members (excludes halogenated alkanes) is 1. The van der Waals surface area contributed by atoms with Crippen molar-refractivity contribution in [1.29, 1.82) is 0 Å². The van der Waals surface area contributed by atoms with Crippen LogP contribution in [0, 0.1) is 0 Å². The third-order valence-electron chi connectivity index (χ3n) is 8.61. The predicted octanol–water partition coefficient (Wildman–Crippen LogP) is 1.28. The lowest BCUT2D eigenvalue weighted by molar-refractivity contribution is 0.206. The zero-order valence-electron chi connectivity index (χ0n) is 23.3. The van der Waals surface area contributed by atoms with Crippen molar-refractivity contribution in [2.45, 2.75) is 46.0 Å². The minimum Gasteiger partial charge on any atom is -0.289 e. The molecule has 0 N–H and O–H groups in total. The van der Waals surface area contributed by atoms with E-state index in [2.05, 4.69) is 53.0 Å². The van der Waals surface area contributed by atoms with Crippen LogP contribution in [-0.2, 0) is 0 Å². The topological polar surface area (TPSA) is 25.9 Å². The van der Waals surface area contributed by atoms with Crippen LogP contribution in [0.1, 0.15) is 46.0 Å². The quantitative estimate of drug-likeness (QED) is 0.297. The molecule has 0 aromatic carbocycles. The molecule has 204 valence electrons. The number of hydrogen-bond donors (Lipinski definition) is 0. The SMILES string of the molecule is CCCN1CCN(CCCN2CCN(CCCCN3CCN(CCCN4CCN(CC)C4)C3)C2)C1. The van der Waals surface area contributed by atoms with Crippen LogP contribution in [0.15, 0.2) is 0 Å². The standard InChI is InChI=1S/C27H56N8/c1-3-9-29-18-19-33(25-29)13-8-15-35-23-21-31(27-35)11-6-5-10-30-20-22-34(26-30)14-7-12-32-17-16-28(4-2)24-32/h3-27H2,1-2H3. The average molecular weight is 493 g/mol. The number of rotatable bonds is 16. The van der Waals surface area contributed by atoms with E-state index in [-0.39, 0.29) is 0 Å². The van der Waals surface area contributed by atoms with E-state index >= 15 is 0 Å². The second-order valence-corrected chi connectivity index (χ2v) is 11.5. The molecule has 0 radical (unpaired) electrons. The van der Waals surface area contributed by atoms with Crippen molar-refractivity contribution in [2.75, 3.05) is 131 Å². The van der Waals surface area contributed by atoms with Gasteiger partial charge in [0.25, 0.3) is 0 Å². The molecule has 4 rings (SSSR count). The molecule has 0 bridgehead atoms. The first-order valence-electron chi connectivity index (χ1n) is 15.0. The van der Waals surface area contributed by atoms with E-state index in [0.717, 1.165) is 0 Å². The van der Waals surface area contributed by atoms with Crippen LogP contribution in [-0.4, -0.2) is 171 Å². The van der Waals surface area contributed by atoms with Gasteiger partial charge in [-0.2, -0.15) is 0 Å². The summed E-state index contributed by atoms with van der Waals surface area (Å²) in [6, 6.07) is 0. The van der Waals surface area contributed by atoms with Gasteiger partial charge in [-0.25, -0.2) is 0 Å². The van der Waals surface area contributed by atoms with Gasteiger partial charge in [0, 0.05) is 78.5 Å². The van der Waals surface area contributed by atoms with Crippen LogP contribution in [0.2, 0.25) is 0 Å². The van der Waals surface area contributed by atoms with Gasteiger partial charge in [-0.3, -0.25) is 39.2 Å². The molecule has 0 aromatic heterocycles. The lowest BCUT2D eigenvalue weighted by Crippen LogP contribution is -2.31. The van der Waals surface area contributed by atoms with Gasteiger partial charge in [-0.1, -0.05) is 13.8 Å².